The minimum absolute atomic E-state index is 0.399. The number of nitrogens with zero attached hydrogens (tertiary/aromatic N) is 2. The summed E-state index contributed by atoms with van der Waals surface area (Å²) < 4.78 is 25.9. The van der Waals surface area contributed by atoms with E-state index in [1.807, 2.05) is 0 Å². The summed E-state index contributed by atoms with van der Waals surface area (Å²) in [7, 11) is 0. The highest BCUT2D eigenvalue weighted by Gasteiger charge is 2.08. The van der Waals surface area contributed by atoms with Crippen LogP contribution in [0.25, 0.3) is 10.6 Å². The van der Waals surface area contributed by atoms with Crippen LogP contribution in [0.5, 0.6) is 0 Å². The minimum atomic E-state index is -0.621. The largest absolute Gasteiger partial charge is 0.207 e. The summed E-state index contributed by atoms with van der Waals surface area (Å²) in [4.78, 5) is 0. The lowest BCUT2D eigenvalue weighted by molar-refractivity contribution is 0.584. The van der Waals surface area contributed by atoms with Crippen LogP contribution in [0.3, 0.4) is 0 Å². The van der Waals surface area contributed by atoms with E-state index in [-0.39, 0.29) is 0 Å². The SMILES string of the molecule is Fc1cc(F)cc(-c2nnc(CCCl)s2)c1. The van der Waals surface area contributed by atoms with Crippen molar-refractivity contribution in [2.45, 2.75) is 6.42 Å². The fourth-order valence-corrected chi connectivity index (χ4v) is 2.35. The maximum Gasteiger partial charge on any atom is 0.148 e. The Labute approximate surface area is 99.9 Å². The van der Waals surface area contributed by atoms with Crippen molar-refractivity contribution in [1.29, 1.82) is 0 Å². The second-order valence-electron chi connectivity index (χ2n) is 3.10. The molecule has 0 fully saturated rings. The highest BCUT2D eigenvalue weighted by atomic mass is 35.5. The molecule has 1 aromatic heterocycles. The number of aryl methyl sites for hydroxylation is 1. The van der Waals surface area contributed by atoms with E-state index in [0.29, 0.717) is 22.9 Å². The molecule has 0 aliphatic carbocycles. The van der Waals surface area contributed by atoms with Gasteiger partial charge < -0.3 is 0 Å². The van der Waals surface area contributed by atoms with E-state index in [4.69, 9.17) is 11.6 Å². The van der Waals surface area contributed by atoms with E-state index in [9.17, 15) is 8.78 Å². The van der Waals surface area contributed by atoms with Gasteiger partial charge in [0.2, 0.25) is 0 Å². The summed E-state index contributed by atoms with van der Waals surface area (Å²) in [6.07, 6.45) is 0.608. The molecule has 1 aromatic carbocycles. The minimum Gasteiger partial charge on any atom is -0.207 e. The van der Waals surface area contributed by atoms with Crippen LogP contribution in [0.15, 0.2) is 18.2 Å². The maximum absolute atomic E-state index is 13.0. The Balaban J connectivity index is 2.34. The summed E-state index contributed by atoms with van der Waals surface area (Å²) in [5.41, 5.74) is 0.399. The predicted octanol–water partition coefficient (Wildman–Crippen LogP) is 3.26. The van der Waals surface area contributed by atoms with Gasteiger partial charge in [-0.2, -0.15) is 0 Å². The number of hydrogen-bond acceptors (Lipinski definition) is 3. The van der Waals surface area contributed by atoms with Gasteiger partial charge in [0.15, 0.2) is 0 Å². The molecule has 0 N–H and O–H groups in total. The number of hydrogen-bond donors (Lipinski definition) is 0. The lowest BCUT2D eigenvalue weighted by Gasteiger charge is -1.96. The van der Waals surface area contributed by atoms with Gasteiger partial charge in [0.1, 0.15) is 21.6 Å². The fraction of sp³-hybridized carbons (Fsp3) is 0.200. The molecule has 0 aliphatic heterocycles. The lowest BCUT2D eigenvalue weighted by atomic mass is 10.2. The molecule has 2 nitrogen and oxygen atoms in total. The van der Waals surface area contributed by atoms with Crippen LogP contribution in [-0.4, -0.2) is 16.1 Å². The summed E-state index contributed by atoms with van der Waals surface area (Å²) in [5.74, 6) is -0.792. The van der Waals surface area contributed by atoms with Crippen molar-refractivity contribution in [3.63, 3.8) is 0 Å². The number of alkyl halides is 1. The summed E-state index contributed by atoms with van der Waals surface area (Å²) in [5, 5.41) is 9.00. The van der Waals surface area contributed by atoms with Gasteiger partial charge in [0, 0.05) is 23.9 Å². The summed E-state index contributed by atoms with van der Waals surface area (Å²) in [6.45, 7) is 0. The molecule has 0 spiro atoms. The van der Waals surface area contributed by atoms with Gasteiger partial charge in [-0.25, -0.2) is 8.78 Å². The average molecular weight is 261 g/mol. The van der Waals surface area contributed by atoms with Crippen LogP contribution in [0.1, 0.15) is 5.01 Å². The molecular formula is C10H7ClF2N2S. The van der Waals surface area contributed by atoms with Gasteiger partial charge in [-0.3, -0.25) is 0 Å². The first-order valence-electron chi connectivity index (χ1n) is 4.54. The van der Waals surface area contributed by atoms with Gasteiger partial charge in [-0.05, 0) is 12.1 Å². The third-order valence-corrected chi connectivity index (χ3v) is 3.11. The van der Waals surface area contributed by atoms with E-state index < -0.39 is 11.6 Å². The quantitative estimate of drug-likeness (QED) is 0.792. The van der Waals surface area contributed by atoms with Crippen LogP contribution in [-0.2, 0) is 6.42 Å². The molecule has 16 heavy (non-hydrogen) atoms. The predicted molar refractivity (Wildman–Crippen MR) is 59.7 cm³/mol. The number of halogens is 3. The second kappa shape index (κ2) is 4.84. The van der Waals surface area contributed by atoms with Crippen LogP contribution >= 0.6 is 22.9 Å². The monoisotopic (exact) mass is 260 g/mol. The molecule has 2 rings (SSSR count). The molecule has 2 aromatic rings. The third kappa shape index (κ3) is 2.54. The van der Waals surface area contributed by atoms with Gasteiger partial charge in [0.05, 0.1) is 0 Å². The molecule has 0 amide bonds. The van der Waals surface area contributed by atoms with E-state index in [1.165, 1.54) is 23.5 Å². The smallest absolute Gasteiger partial charge is 0.148 e. The van der Waals surface area contributed by atoms with Crippen molar-refractivity contribution < 1.29 is 8.78 Å². The van der Waals surface area contributed by atoms with Gasteiger partial charge in [-0.1, -0.05) is 11.3 Å². The standard InChI is InChI=1S/C10H7ClF2N2S/c11-2-1-9-14-15-10(16-9)6-3-7(12)5-8(13)4-6/h3-5H,1-2H2. The summed E-state index contributed by atoms with van der Waals surface area (Å²) in [6, 6.07) is 3.28. The zero-order valence-corrected chi connectivity index (χ0v) is 9.66. The molecule has 0 bridgehead atoms. The van der Waals surface area contributed by atoms with Crippen molar-refractivity contribution in [1.82, 2.24) is 10.2 Å². The molecule has 6 heteroatoms. The lowest BCUT2D eigenvalue weighted by Crippen LogP contribution is -1.84. The van der Waals surface area contributed by atoms with E-state index >= 15 is 0 Å². The molecule has 0 atom stereocenters. The Morgan fingerprint density at radius 1 is 1.12 bits per heavy atom. The summed E-state index contributed by atoms with van der Waals surface area (Å²) >= 11 is 6.85. The van der Waals surface area contributed by atoms with E-state index in [0.717, 1.165) is 11.1 Å². The van der Waals surface area contributed by atoms with Gasteiger partial charge in [0.25, 0.3) is 0 Å². The van der Waals surface area contributed by atoms with Crippen molar-refractivity contribution >= 4 is 22.9 Å². The molecule has 0 saturated heterocycles. The molecular weight excluding hydrogens is 254 g/mol. The van der Waals surface area contributed by atoms with Crippen LogP contribution in [0.4, 0.5) is 8.78 Å². The average Bonchev–Trinajstić information content (AvgIpc) is 2.65. The third-order valence-electron chi connectivity index (χ3n) is 1.88. The van der Waals surface area contributed by atoms with E-state index in [2.05, 4.69) is 10.2 Å². The zero-order chi connectivity index (χ0) is 11.5. The Hall–Kier alpha value is -1.07. The Kier molecular flexibility index (Phi) is 3.46. The molecule has 0 aliphatic rings. The Morgan fingerprint density at radius 3 is 2.44 bits per heavy atom. The first kappa shape index (κ1) is 11.4. The van der Waals surface area contributed by atoms with Crippen molar-refractivity contribution in [2.75, 3.05) is 5.88 Å². The fourth-order valence-electron chi connectivity index (χ4n) is 1.23. The Morgan fingerprint density at radius 2 is 1.81 bits per heavy atom. The molecule has 0 unspecified atom stereocenters. The number of rotatable bonds is 3. The highest BCUT2D eigenvalue weighted by Crippen LogP contribution is 2.25. The van der Waals surface area contributed by atoms with Crippen molar-refractivity contribution in [3.8, 4) is 10.6 Å². The normalized spacial score (nSPS) is 10.7. The molecule has 1 heterocycles. The number of benzene rings is 1. The van der Waals surface area contributed by atoms with Gasteiger partial charge >= 0.3 is 0 Å². The maximum atomic E-state index is 13.0. The molecule has 0 radical (unpaired) electrons. The molecule has 0 saturated carbocycles. The zero-order valence-electron chi connectivity index (χ0n) is 8.08. The van der Waals surface area contributed by atoms with Crippen molar-refractivity contribution in [2.24, 2.45) is 0 Å². The van der Waals surface area contributed by atoms with E-state index in [1.54, 1.807) is 0 Å². The van der Waals surface area contributed by atoms with Crippen LogP contribution in [0, 0.1) is 11.6 Å². The first-order chi connectivity index (χ1) is 7.69. The Bertz CT molecular complexity index is 481. The van der Waals surface area contributed by atoms with Crippen molar-refractivity contribution in [3.05, 3.63) is 34.8 Å². The number of aromatic nitrogens is 2. The highest BCUT2D eigenvalue weighted by molar-refractivity contribution is 7.14. The van der Waals surface area contributed by atoms with Crippen LogP contribution in [0.2, 0.25) is 0 Å². The first-order valence-corrected chi connectivity index (χ1v) is 5.89. The molecule has 84 valence electrons. The van der Waals surface area contributed by atoms with Gasteiger partial charge in [-0.15, -0.1) is 21.8 Å². The topological polar surface area (TPSA) is 25.8 Å². The van der Waals surface area contributed by atoms with Crippen LogP contribution < -0.4 is 0 Å². The second-order valence-corrected chi connectivity index (χ2v) is 4.54.